The summed E-state index contributed by atoms with van der Waals surface area (Å²) in [6.45, 7) is 5.02. The number of unbranched alkanes of at least 4 members (excludes halogenated alkanes) is 2. The summed E-state index contributed by atoms with van der Waals surface area (Å²) in [5.74, 6) is 0.0865. The number of carbonyl (C=O) groups is 1. The second-order valence-corrected chi connectivity index (χ2v) is 5.16. The van der Waals surface area contributed by atoms with Crippen molar-refractivity contribution in [1.82, 2.24) is 0 Å². The van der Waals surface area contributed by atoms with E-state index < -0.39 is 5.97 Å². The summed E-state index contributed by atoms with van der Waals surface area (Å²) in [5.41, 5.74) is 2.18. The van der Waals surface area contributed by atoms with Gasteiger partial charge in [-0.05, 0) is 36.1 Å². The van der Waals surface area contributed by atoms with Crippen LogP contribution in [0.5, 0.6) is 5.75 Å². The number of aliphatic carboxylic acids is 1. The maximum Gasteiger partial charge on any atom is 0.307 e. The standard InChI is InChI=1S/C18H26O3/c1-3-5-6-14-21-17-11-8-16(9-12-17)15(7-4-2)10-13-18(19)20/h8-12H,3-7,13-14H2,1-2H3,(H,19,20)/b15-10+. The lowest BCUT2D eigenvalue weighted by atomic mass is 10.00. The first-order chi connectivity index (χ1) is 10.2. The molecule has 1 N–H and O–H groups in total. The molecule has 116 valence electrons. The van der Waals surface area contributed by atoms with Gasteiger partial charge < -0.3 is 9.84 Å². The van der Waals surface area contributed by atoms with E-state index in [9.17, 15) is 4.79 Å². The second kappa shape index (κ2) is 10.0. The van der Waals surface area contributed by atoms with E-state index in [0.717, 1.165) is 42.8 Å². The van der Waals surface area contributed by atoms with E-state index in [1.807, 2.05) is 30.3 Å². The number of hydrogen-bond acceptors (Lipinski definition) is 2. The Morgan fingerprint density at radius 1 is 1.14 bits per heavy atom. The fourth-order valence-electron chi connectivity index (χ4n) is 2.15. The van der Waals surface area contributed by atoms with E-state index in [1.54, 1.807) is 0 Å². The smallest absolute Gasteiger partial charge is 0.307 e. The number of rotatable bonds is 10. The van der Waals surface area contributed by atoms with Crippen molar-refractivity contribution < 1.29 is 14.6 Å². The lowest BCUT2D eigenvalue weighted by molar-refractivity contribution is -0.135. The SMILES string of the molecule is CCCCCOc1ccc(/C(=C/CC(=O)O)CCC)cc1. The van der Waals surface area contributed by atoms with Crippen LogP contribution in [0.15, 0.2) is 30.3 Å². The van der Waals surface area contributed by atoms with Crippen LogP contribution < -0.4 is 4.74 Å². The summed E-state index contributed by atoms with van der Waals surface area (Å²) in [6, 6.07) is 7.95. The average molecular weight is 290 g/mol. The molecule has 0 spiro atoms. The second-order valence-electron chi connectivity index (χ2n) is 5.16. The Morgan fingerprint density at radius 2 is 1.86 bits per heavy atom. The summed E-state index contributed by atoms with van der Waals surface area (Å²) >= 11 is 0. The van der Waals surface area contributed by atoms with Gasteiger partial charge >= 0.3 is 5.97 Å². The predicted octanol–water partition coefficient (Wildman–Crippen LogP) is 4.91. The van der Waals surface area contributed by atoms with Crippen molar-refractivity contribution in [2.24, 2.45) is 0 Å². The van der Waals surface area contributed by atoms with E-state index in [1.165, 1.54) is 12.8 Å². The molecule has 0 aliphatic rings. The van der Waals surface area contributed by atoms with Crippen LogP contribution in [0.4, 0.5) is 0 Å². The molecule has 0 saturated carbocycles. The molecule has 0 atom stereocenters. The first-order valence-corrected chi connectivity index (χ1v) is 7.81. The van der Waals surface area contributed by atoms with Gasteiger partial charge in [0.2, 0.25) is 0 Å². The zero-order valence-electron chi connectivity index (χ0n) is 13.1. The molecule has 21 heavy (non-hydrogen) atoms. The van der Waals surface area contributed by atoms with Crippen molar-refractivity contribution in [2.75, 3.05) is 6.61 Å². The van der Waals surface area contributed by atoms with Crippen molar-refractivity contribution in [3.8, 4) is 5.75 Å². The van der Waals surface area contributed by atoms with E-state index in [0.29, 0.717) is 0 Å². The highest BCUT2D eigenvalue weighted by atomic mass is 16.5. The minimum Gasteiger partial charge on any atom is -0.494 e. The summed E-state index contributed by atoms with van der Waals surface area (Å²) in [4.78, 5) is 10.7. The third kappa shape index (κ3) is 6.98. The zero-order valence-corrected chi connectivity index (χ0v) is 13.1. The van der Waals surface area contributed by atoms with E-state index in [-0.39, 0.29) is 6.42 Å². The summed E-state index contributed by atoms with van der Waals surface area (Å²) < 4.78 is 5.69. The Morgan fingerprint density at radius 3 is 2.43 bits per heavy atom. The Kier molecular flexibility index (Phi) is 8.25. The number of hydrogen-bond donors (Lipinski definition) is 1. The van der Waals surface area contributed by atoms with Crippen LogP contribution in [-0.4, -0.2) is 17.7 Å². The lowest BCUT2D eigenvalue weighted by Gasteiger charge is -2.09. The Hall–Kier alpha value is -1.77. The highest BCUT2D eigenvalue weighted by Gasteiger charge is 2.03. The van der Waals surface area contributed by atoms with Gasteiger partial charge in [-0.3, -0.25) is 4.79 Å². The number of carboxylic acid groups (broad SMARTS) is 1. The molecule has 0 unspecified atom stereocenters. The Labute approximate surface area is 127 Å². The highest BCUT2D eigenvalue weighted by Crippen LogP contribution is 2.23. The first-order valence-electron chi connectivity index (χ1n) is 7.81. The number of allylic oxidation sites excluding steroid dienone is 1. The topological polar surface area (TPSA) is 46.5 Å². The third-order valence-electron chi connectivity index (χ3n) is 3.28. The van der Waals surface area contributed by atoms with Crippen LogP contribution in [0, 0.1) is 0 Å². The first kappa shape index (κ1) is 17.3. The molecule has 1 aromatic carbocycles. The van der Waals surface area contributed by atoms with E-state index in [4.69, 9.17) is 9.84 Å². The molecule has 0 aliphatic carbocycles. The van der Waals surface area contributed by atoms with Crippen LogP contribution in [0.1, 0.15) is 57.9 Å². The van der Waals surface area contributed by atoms with Crippen molar-refractivity contribution in [3.63, 3.8) is 0 Å². The molecule has 0 amide bonds. The fourth-order valence-corrected chi connectivity index (χ4v) is 2.15. The van der Waals surface area contributed by atoms with Crippen LogP contribution in [-0.2, 0) is 4.79 Å². The van der Waals surface area contributed by atoms with Gasteiger partial charge in [0.15, 0.2) is 0 Å². The predicted molar refractivity (Wildman–Crippen MR) is 86.6 cm³/mol. The molecule has 3 heteroatoms. The zero-order chi connectivity index (χ0) is 15.5. The Bertz CT molecular complexity index is 446. The molecule has 0 radical (unpaired) electrons. The van der Waals surface area contributed by atoms with Crippen LogP contribution in [0.3, 0.4) is 0 Å². The number of carboxylic acids is 1. The van der Waals surface area contributed by atoms with Gasteiger partial charge in [-0.25, -0.2) is 0 Å². The molecule has 0 aliphatic heterocycles. The van der Waals surface area contributed by atoms with Crippen LogP contribution in [0.25, 0.3) is 5.57 Å². The van der Waals surface area contributed by atoms with Gasteiger partial charge in [-0.2, -0.15) is 0 Å². The minimum absolute atomic E-state index is 0.0740. The monoisotopic (exact) mass is 290 g/mol. The fraction of sp³-hybridized carbons (Fsp3) is 0.500. The van der Waals surface area contributed by atoms with Gasteiger partial charge in [0.05, 0.1) is 13.0 Å². The van der Waals surface area contributed by atoms with E-state index >= 15 is 0 Å². The summed E-state index contributed by atoms with van der Waals surface area (Å²) in [5, 5.41) is 8.80. The highest BCUT2D eigenvalue weighted by molar-refractivity contribution is 5.74. The number of benzene rings is 1. The molecule has 0 saturated heterocycles. The van der Waals surface area contributed by atoms with Crippen molar-refractivity contribution in [2.45, 2.75) is 52.4 Å². The summed E-state index contributed by atoms with van der Waals surface area (Å²) in [7, 11) is 0. The third-order valence-corrected chi connectivity index (χ3v) is 3.28. The molecule has 1 aromatic rings. The maximum absolute atomic E-state index is 10.7. The van der Waals surface area contributed by atoms with Gasteiger partial charge in [-0.15, -0.1) is 0 Å². The summed E-state index contributed by atoms with van der Waals surface area (Å²) in [6.07, 6.45) is 7.24. The molecule has 3 nitrogen and oxygen atoms in total. The van der Waals surface area contributed by atoms with Gasteiger partial charge in [0, 0.05) is 0 Å². The Balaban J connectivity index is 2.64. The number of ether oxygens (including phenoxy) is 1. The molecule has 0 aromatic heterocycles. The average Bonchev–Trinajstić information content (AvgIpc) is 2.48. The maximum atomic E-state index is 10.7. The molecular weight excluding hydrogens is 264 g/mol. The minimum atomic E-state index is -0.792. The van der Waals surface area contributed by atoms with E-state index in [2.05, 4.69) is 13.8 Å². The van der Waals surface area contributed by atoms with Gasteiger partial charge in [-0.1, -0.05) is 51.3 Å². The van der Waals surface area contributed by atoms with Gasteiger partial charge in [0.25, 0.3) is 0 Å². The molecule has 0 fully saturated rings. The van der Waals surface area contributed by atoms with Crippen molar-refractivity contribution in [1.29, 1.82) is 0 Å². The van der Waals surface area contributed by atoms with Crippen molar-refractivity contribution >= 4 is 11.5 Å². The largest absolute Gasteiger partial charge is 0.494 e. The van der Waals surface area contributed by atoms with Gasteiger partial charge in [0.1, 0.15) is 5.75 Å². The van der Waals surface area contributed by atoms with Crippen LogP contribution in [0.2, 0.25) is 0 Å². The normalized spacial score (nSPS) is 11.4. The van der Waals surface area contributed by atoms with Crippen LogP contribution >= 0.6 is 0 Å². The molecule has 1 rings (SSSR count). The molecular formula is C18H26O3. The quantitative estimate of drug-likeness (QED) is 0.622. The van der Waals surface area contributed by atoms with Crippen molar-refractivity contribution in [3.05, 3.63) is 35.9 Å². The molecule has 0 heterocycles. The molecule has 0 bridgehead atoms. The lowest BCUT2D eigenvalue weighted by Crippen LogP contribution is -1.97.